The fourth-order valence-electron chi connectivity index (χ4n) is 2.34. The lowest BCUT2D eigenvalue weighted by Gasteiger charge is -2.00. The number of nitrogens with two attached hydrogens (primary N) is 1. The quantitative estimate of drug-likeness (QED) is 0.106. The zero-order valence-electron chi connectivity index (χ0n) is 17.9. The van der Waals surface area contributed by atoms with E-state index in [2.05, 4.69) is 21.0 Å². The van der Waals surface area contributed by atoms with E-state index in [9.17, 15) is 20.2 Å². The van der Waals surface area contributed by atoms with Gasteiger partial charge in [-0.25, -0.2) is 10.8 Å². The van der Waals surface area contributed by atoms with Gasteiger partial charge in [0.25, 0.3) is 11.4 Å². The van der Waals surface area contributed by atoms with Crippen LogP contribution in [0, 0.1) is 39.5 Å². The lowest BCUT2D eigenvalue weighted by Crippen LogP contribution is -2.18. The number of nitro benzene ring substituents is 2. The molecule has 178 valence electrons. The topological polar surface area (TPSA) is 207 Å². The lowest BCUT2D eigenvalue weighted by molar-refractivity contribution is -0.385. The molecule has 5 N–H and O–H groups in total. The van der Waals surface area contributed by atoms with Gasteiger partial charge < -0.3 is 5.41 Å². The molecule has 0 unspecified atom stereocenters. The average Bonchev–Trinajstić information content (AvgIpc) is 3.29. The van der Waals surface area contributed by atoms with Gasteiger partial charge in [-0.15, -0.1) is 12.4 Å². The largest absolute Gasteiger partial charge is 0.305 e. The summed E-state index contributed by atoms with van der Waals surface area (Å²) in [4.78, 5) is 33.3. The summed E-state index contributed by atoms with van der Waals surface area (Å²) in [6.07, 6.45) is 1.76. The summed E-state index contributed by atoms with van der Waals surface area (Å²) in [6, 6.07) is 9.74. The van der Waals surface area contributed by atoms with Crippen LogP contribution in [0.3, 0.4) is 0 Å². The number of nitrogens with one attached hydrogen (secondary N) is 3. The van der Waals surface area contributed by atoms with Crippen LogP contribution < -0.4 is 11.3 Å². The number of carbonyl (C=O) groups excluding carboxylic acids is 1. The number of hydrogen-bond donors (Lipinski definition) is 4. The molecule has 1 heterocycles. The third kappa shape index (κ3) is 8.80. The molecule has 0 saturated heterocycles. The first-order valence-corrected chi connectivity index (χ1v) is 8.93. The van der Waals surface area contributed by atoms with Gasteiger partial charge in [-0.2, -0.15) is 5.10 Å². The molecule has 13 nitrogen and oxygen atoms in total. The second kappa shape index (κ2) is 14.0. The molecule has 2 aromatic carbocycles. The molecule has 0 atom stereocenters. The Morgan fingerprint density at radius 2 is 1.64 bits per heavy atom. The molecular weight excluding hydrogens is 456 g/mol. The van der Waals surface area contributed by atoms with Gasteiger partial charge in [-0.3, -0.25) is 35.5 Å². The summed E-state index contributed by atoms with van der Waals surface area (Å²) < 4.78 is 0. The minimum absolute atomic E-state index is 0. The maximum Gasteiger partial charge on any atom is 0.273 e. The zero-order chi connectivity index (χ0) is 24.3. The summed E-state index contributed by atoms with van der Waals surface area (Å²) >= 11 is 0. The number of nitro groups is 2. The Kier molecular flexibility index (Phi) is 12.2. The summed E-state index contributed by atoms with van der Waals surface area (Å²) in [6.45, 7) is 4.98. The van der Waals surface area contributed by atoms with Gasteiger partial charge in [-0.1, -0.05) is 24.3 Å². The molecule has 0 aliphatic carbocycles. The van der Waals surface area contributed by atoms with Crippen molar-refractivity contribution in [3.63, 3.8) is 0 Å². The summed E-state index contributed by atoms with van der Waals surface area (Å²) in [5.74, 6) is 4.94. The molecule has 0 saturated carbocycles. The Balaban J connectivity index is 0. The molecule has 0 radical (unpaired) electrons. The van der Waals surface area contributed by atoms with Crippen molar-refractivity contribution in [1.82, 2.24) is 20.6 Å². The van der Waals surface area contributed by atoms with E-state index in [0.29, 0.717) is 40.2 Å². The molecule has 1 aromatic heterocycles. The zero-order valence-corrected chi connectivity index (χ0v) is 18.8. The van der Waals surface area contributed by atoms with Gasteiger partial charge in [0.15, 0.2) is 5.82 Å². The molecule has 0 aliphatic rings. The number of benzene rings is 2. The van der Waals surface area contributed by atoms with E-state index in [1.165, 1.54) is 18.5 Å². The number of hydrogen-bond acceptors (Lipinski definition) is 9. The summed E-state index contributed by atoms with van der Waals surface area (Å²) in [5, 5.41) is 34.9. The van der Waals surface area contributed by atoms with Crippen LogP contribution in [-0.2, 0) is 4.79 Å². The van der Waals surface area contributed by atoms with Crippen molar-refractivity contribution in [1.29, 1.82) is 5.41 Å². The number of aryl methyl sites for hydroxylation is 2. The Morgan fingerprint density at radius 1 is 1.12 bits per heavy atom. The number of aromatic amines is 1. The number of amides is 1. The van der Waals surface area contributed by atoms with Crippen molar-refractivity contribution < 1.29 is 16.1 Å². The van der Waals surface area contributed by atoms with Gasteiger partial charge in [0.1, 0.15) is 6.33 Å². The van der Waals surface area contributed by atoms with Crippen LogP contribution in [0.2, 0.25) is 0 Å². The van der Waals surface area contributed by atoms with Crippen molar-refractivity contribution in [3.8, 4) is 11.4 Å². The molecule has 3 aromatic rings. The monoisotopic (exact) mass is 480 g/mol. The normalized spacial score (nSPS) is 9.09. The van der Waals surface area contributed by atoms with Gasteiger partial charge >= 0.3 is 0 Å². The highest BCUT2D eigenvalue weighted by molar-refractivity contribution is 5.96. The second-order valence-corrected chi connectivity index (χ2v) is 6.26. The molecule has 0 aliphatic heterocycles. The minimum Gasteiger partial charge on any atom is -0.305 e. The predicted octanol–water partition coefficient (Wildman–Crippen LogP) is 3.25. The molecular formula is C19H25ClN8O5. The van der Waals surface area contributed by atoms with Gasteiger partial charge in [0.2, 0.25) is 6.41 Å². The van der Waals surface area contributed by atoms with Crippen LogP contribution in [-0.4, -0.2) is 37.1 Å². The molecule has 0 fully saturated rings. The fraction of sp³-hybridized carbons (Fsp3) is 0.158. The average molecular weight is 481 g/mol. The highest BCUT2D eigenvalue weighted by atomic mass is 35.5. The van der Waals surface area contributed by atoms with E-state index in [1.807, 2.05) is 0 Å². The molecule has 14 heteroatoms. The molecule has 33 heavy (non-hydrogen) atoms. The van der Waals surface area contributed by atoms with E-state index < -0.39 is 9.85 Å². The lowest BCUT2D eigenvalue weighted by atomic mass is 10.1. The highest BCUT2D eigenvalue weighted by Gasteiger charge is 2.13. The standard InChI is InChI=1S/C9H8N4O2.C9H10N2O2.CH4N2O.ClH.H2/c1-6-2-3-7(4-8(6)13(14)15)9-10-5-11-12-9;1-6-3-4-8(7(2)10)5-9(6)11(12)13;2-3-1-4;;/h2-5H,1H3,(H,10,11,12);3-5,10H,1-2H3;1H,2H2,(H,3,4);2*1H. The third-order valence-corrected chi connectivity index (χ3v) is 4.00. The van der Waals surface area contributed by atoms with E-state index in [0.717, 1.165) is 0 Å². The van der Waals surface area contributed by atoms with Crippen molar-refractivity contribution >= 4 is 35.9 Å². The first-order chi connectivity index (χ1) is 15.1. The fourth-order valence-corrected chi connectivity index (χ4v) is 2.34. The Hall–Kier alpha value is -4.23. The van der Waals surface area contributed by atoms with Gasteiger partial charge in [-0.05, 0) is 20.8 Å². The highest BCUT2D eigenvalue weighted by Crippen LogP contribution is 2.24. The van der Waals surface area contributed by atoms with Crippen LogP contribution in [0.4, 0.5) is 11.4 Å². The van der Waals surface area contributed by atoms with Gasteiger partial charge in [0.05, 0.1) is 9.85 Å². The summed E-state index contributed by atoms with van der Waals surface area (Å²) in [7, 11) is 0. The van der Waals surface area contributed by atoms with Crippen molar-refractivity contribution in [3.05, 3.63) is 79.6 Å². The van der Waals surface area contributed by atoms with E-state index in [1.54, 1.807) is 50.5 Å². The molecule has 3 rings (SSSR count). The van der Waals surface area contributed by atoms with Crippen molar-refractivity contribution in [2.45, 2.75) is 20.8 Å². The predicted molar refractivity (Wildman–Crippen MR) is 126 cm³/mol. The Bertz CT molecular complexity index is 1110. The third-order valence-electron chi connectivity index (χ3n) is 4.00. The van der Waals surface area contributed by atoms with Crippen LogP contribution in [0.25, 0.3) is 11.4 Å². The number of nitrogens with zero attached hydrogens (tertiary/aromatic N) is 4. The van der Waals surface area contributed by atoms with Crippen molar-refractivity contribution in [2.24, 2.45) is 5.84 Å². The smallest absolute Gasteiger partial charge is 0.273 e. The maximum absolute atomic E-state index is 10.7. The maximum atomic E-state index is 10.7. The Labute approximate surface area is 196 Å². The molecule has 1 amide bonds. The Morgan fingerprint density at radius 3 is 2.06 bits per heavy atom. The molecule has 0 spiro atoms. The van der Waals surface area contributed by atoms with Crippen LogP contribution >= 0.6 is 12.4 Å². The second-order valence-electron chi connectivity index (χ2n) is 6.26. The minimum atomic E-state index is -0.429. The van der Waals surface area contributed by atoms with Crippen LogP contribution in [0.1, 0.15) is 25.0 Å². The summed E-state index contributed by atoms with van der Waals surface area (Å²) in [5.41, 5.74) is 4.75. The van der Waals surface area contributed by atoms with Crippen LogP contribution in [0.15, 0.2) is 42.7 Å². The van der Waals surface area contributed by atoms with Crippen LogP contribution in [0.5, 0.6) is 0 Å². The molecule has 0 bridgehead atoms. The van der Waals surface area contributed by atoms with Crippen molar-refractivity contribution in [2.75, 3.05) is 0 Å². The number of halogens is 1. The van der Waals surface area contributed by atoms with E-state index >= 15 is 0 Å². The number of rotatable bonds is 5. The first-order valence-electron chi connectivity index (χ1n) is 8.93. The SMILES string of the molecule is CC(=N)c1ccc(C)c([N+](=O)[O-])c1.Cc1ccc(-c2ncn[nH]2)cc1[N+](=O)[O-].Cl.NNC=O.[HH]. The van der Waals surface area contributed by atoms with Gasteiger partial charge in [0, 0.05) is 41.5 Å². The first kappa shape index (κ1) is 28.8. The number of aromatic nitrogens is 3. The van der Waals surface area contributed by atoms with E-state index in [-0.39, 0.29) is 25.2 Å². The number of carbonyl (C=O) groups is 1. The number of hydrazine groups is 1. The number of H-pyrrole nitrogens is 1. The van der Waals surface area contributed by atoms with E-state index in [4.69, 9.17) is 10.2 Å².